The summed E-state index contributed by atoms with van der Waals surface area (Å²) in [6.07, 6.45) is 3.26. The Hall–Kier alpha value is -1.93. The fraction of sp³-hybridized carbons (Fsp3) is 0.500. The first kappa shape index (κ1) is 15.5. The van der Waals surface area contributed by atoms with Crippen LogP contribution in [-0.2, 0) is 4.79 Å². The number of carbonyl (C=O) groups is 1. The summed E-state index contributed by atoms with van der Waals surface area (Å²) in [6.45, 7) is 3.67. The van der Waals surface area contributed by atoms with Crippen LogP contribution in [-0.4, -0.2) is 19.0 Å². The Kier molecular flexibility index (Phi) is 4.92. The molecule has 5 heteroatoms. The molecule has 0 aliphatic carbocycles. The Bertz CT molecular complexity index is 554. The molecule has 0 aromatic heterocycles. The highest BCUT2D eigenvalue weighted by Crippen LogP contribution is 2.35. The number of carbonyl (C=O) groups excluding carboxylic acids is 1. The number of hydrogen-bond donors (Lipinski definition) is 2. The van der Waals surface area contributed by atoms with Crippen LogP contribution in [0.25, 0.3) is 0 Å². The molecule has 1 aliphatic heterocycles. The van der Waals surface area contributed by atoms with Crippen LogP contribution in [0, 0.1) is 22.6 Å². The number of halogens is 1. The predicted octanol–water partition coefficient (Wildman–Crippen LogP) is 2.81. The first-order valence-corrected chi connectivity index (χ1v) is 7.33. The molecule has 0 atom stereocenters. The Morgan fingerprint density at radius 3 is 2.76 bits per heavy atom. The number of rotatable bonds is 4. The third kappa shape index (κ3) is 3.40. The first-order valence-electron chi connectivity index (χ1n) is 7.33. The predicted molar refractivity (Wildman–Crippen MR) is 79.2 cm³/mol. The number of amides is 1. The summed E-state index contributed by atoms with van der Waals surface area (Å²) in [4.78, 5) is 12.6. The van der Waals surface area contributed by atoms with E-state index < -0.39 is 11.2 Å². The molecule has 1 heterocycles. The van der Waals surface area contributed by atoms with Crippen molar-refractivity contribution in [2.24, 2.45) is 5.41 Å². The van der Waals surface area contributed by atoms with E-state index in [9.17, 15) is 9.18 Å². The van der Waals surface area contributed by atoms with Crippen molar-refractivity contribution in [2.75, 3.05) is 18.4 Å². The molecule has 2 rings (SSSR count). The minimum absolute atomic E-state index is 0.116. The van der Waals surface area contributed by atoms with E-state index in [0.717, 1.165) is 44.8 Å². The van der Waals surface area contributed by atoms with Crippen molar-refractivity contribution in [1.82, 2.24) is 5.32 Å². The maximum atomic E-state index is 13.9. The van der Waals surface area contributed by atoms with Crippen LogP contribution in [0.2, 0.25) is 0 Å². The average Bonchev–Trinajstić information content (AvgIpc) is 2.50. The van der Waals surface area contributed by atoms with E-state index >= 15 is 0 Å². The van der Waals surface area contributed by atoms with Crippen LogP contribution in [0.1, 0.15) is 38.2 Å². The first-order chi connectivity index (χ1) is 10.1. The molecule has 0 bridgehead atoms. The lowest BCUT2D eigenvalue weighted by atomic mass is 9.74. The summed E-state index contributed by atoms with van der Waals surface area (Å²) in [5.41, 5.74) is -0.0241. The molecule has 0 spiro atoms. The number of anilines is 1. The Labute approximate surface area is 124 Å². The smallest absolute Gasteiger partial charge is 0.230 e. The van der Waals surface area contributed by atoms with Gasteiger partial charge in [-0.15, -0.1) is 0 Å². The standard InChI is InChI=1S/C16H20FN3O/c1-2-5-16(6-8-19-9-7-16)15(21)20-14-4-3-12(11-18)10-13(14)17/h3-4,10,19H,2,5-9H2,1H3,(H,20,21). The third-order valence-electron chi connectivity index (χ3n) is 4.12. The minimum atomic E-state index is -0.567. The van der Waals surface area contributed by atoms with Gasteiger partial charge in [0.2, 0.25) is 5.91 Å². The molecule has 21 heavy (non-hydrogen) atoms. The van der Waals surface area contributed by atoms with Crippen LogP contribution in [0.15, 0.2) is 18.2 Å². The van der Waals surface area contributed by atoms with Crippen molar-refractivity contribution in [1.29, 1.82) is 5.26 Å². The molecule has 1 aromatic rings. The second kappa shape index (κ2) is 6.68. The van der Waals surface area contributed by atoms with Gasteiger partial charge in [-0.3, -0.25) is 4.79 Å². The topological polar surface area (TPSA) is 64.9 Å². The van der Waals surface area contributed by atoms with Gasteiger partial charge in [0, 0.05) is 0 Å². The summed E-state index contributed by atoms with van der Waals surface area (Å²) in [5.74, 6) is -0.683. The Balaban J connectivity index is 2.17. The lowest BCUT2D eigenvalue weighted by Crippen LogP contribution is -2.45. The molecule has 2 N–H and O–H groups in total. The van der Waals surface area contributed by atoms with E-state index in [2.05, 4.69) is 17.6 Å². The average molecular weight is 289 g/mol. The summed E-state index contributed by atoms with van der Waals surface area (Å²) in [6, 6.07) is 5.98. The van der Waals surface area contributed by atoms with Gasteiger partial charge in [-0.1, -0.05) is 13.3 Å². The highest BCUT2D eigenvalue weighted by Gasteiger charge is 2.38. The van der Waals surface area contributed by atoms with Gasteiger partial charge in [-0.25, -0.2) is 4.39 Å². The van der Waals surface area contributed by atoms with Gasteiger partial charge in [0.25, 0.3) is 0 Å². The van der Waals surface area contributed by atoms with Gasteiger partial charge < -0.3 is 10.6 Å². The highest BCUT2D eigenvalue weighted by molar-refractivity contribution is 5.95. The molecule has 1 aliphatic rings. The zero-order valence-electron chi connectivity index (χ0n) is 12.2. The largest absolute Gasteiger partial charge is 0.323 e. The van der Waals surface area contributed by atoms with Crippen LogP contribution >= 0.6 is 0 Å². The molecule has 1 aromatic carbocycles. The number of nitriles is 1. The van der Waals surface area contributed by atoms with Gasteiger partial charge in [0.1, 0.15) is 5.82 Å². The fourth-order valence-electron chi connectivity index (χ4n) is 2.92. The SMILES string of the molecule is CCCC1(C(=O)Nc2ccc(C#N)cc2F)CCNCC1. The van der Waals surface area contributed by atoms with Crippen LogP contribution < -0.4 is 10.6 Å². The highest BCUT2D eigenvalue weighted by atomic mass is 19.1. The zero-order chi connectivity index (χ0) is 15.3. The summed E-state index contributed by atoms with van der Waals surface area (Å²) < 4.78 is 13.9. The molecule has 112 valence electrons. The minimum Gasteiger partial charge on any atom is -0.323 e. The lowest BCUT2D eigenvalue weighted by Gasteiger charge is -2.36. The van der Waals surface area contributed by atoms with Gasteiger partial charge in [0.15, 0.2) is 0 Å². The van der Waals surface area contributed by atoms with Crippen molar-refractivity contribution in [3.05, 3.63) is 29.6 Å². The molecule has 1 saturated heterocycles. The van der Waals surface area contributed by atoms with Crippen LogP contribution in [0.5, 0.6) is 0 Å². The quantitative estimate of drug-likeness (QED) is 0.895. The van der Waals surface area contributed by atoms with Crippen molar-refractivity contribution in [3.8, 4) is 6.07 Å². The molecule has 0 radical (unpaired) electrons. The Morgan fingerprint density at radius 2 is 2.19 bits per heavy atom. The molecule has 0 saturated carbocycles. The van der Waals surface area contributed by atoms with Gasteiger partial charge in [-0.05, 0) is 50.6 Å². The second-order valence-corrected chi connectivity index (χ2v) is 5.54. The maximum absolute atomic E-state index is 13.9. The fourth-order valence-corrected chi connectivity index (χ4v) is 2.92. The Morgan fingerprint density at radius 1 is 1.48 bits per heavy atom. The molecule has 1 amide bonds. The van der Waals surface area contributed by atoms with Crippen LogP contribution in [0.3, 0.4) is 0 Å². The van der Waals surface area contributed by atoms with Crippen LogP contribution in [0.4, 0.5) is 10.1 Å². The summed E-state index contributed by atoms with van der Waals surface area (Å²) >= 11 is 0. The second-order valence-electron chi connectivity index (χ2n) is 5.54. The normalized spacial score (nSPS) is 17.0. The van der Waals surface area contributed by atoms with Gasteiger partial charge in [0.05, 0.1) is 22.7 Å². The number of benzene rings is 1. The van der Waals surface area contributed by atoms with Crippen molar-refractivity contribution in [3.63, 3.8) is 0 Å². The van der Waals surface area contributed by atoms with E-state index in [0.29, 0.717) is 0 Å². The van der Waals surface area contributed by atoms with Crippen molar-refractivity contribution in [2.45, 2.75) is 32.6 Å². The molecule has 4 nitrogen and oxygen atoms in total. The van der Waals surface area contributed by atoms with E-state index in [1.54, 1.807) is 0 Å². The van der Waals surface area contributed by atoms with Crippen molar-refractivity contribution < 1.29 is 9.18 Å². The monoisotopic (exact) mass is 289 g/mol. The molecule has 1 fully saturated rings. The third-order valence-corrected chi connectivity index (χ3v) is 4.12. The van der Waals surface area contributed by atoms with Gasteiger partial charge in [-0.2, -0.15) is 5.26 Å². The maximum Gasteiger partial charge on any atom is 0.230 e. The van der Waals surface area contributed by atoms with E-state index in [4.69, 9.17) is 5.26 Å². The number of nitrogens with one attached hydrogen (secondary N) is 2. The van der Waals surface area contributed by atoms with Gasteiger partial charge >= 0.3 is 0 Å². The number of hydrogen-bond acceptors (Lipinski definition) is 3. The number of piperidine rings is 1. The molecular weight excluding hydrogens is 269 g/mol. The summed E-state index contributed by atoms with van der Waals surface area (Å²) in [5, 5.41) is 14.7. The lowest BCUT2D eigenvalue weighted by molar-refractivity contribution is -0.127. The zero-order valence-corrected chi connectivity index (χ0v) is 12.2. The van der Waals surface area contributed by atoms with E-state index in [1.165, 1.54) is 12.1 Å². The molecule has 0 unspecified atom stereocenters. The molecular formula is C16H20FN3O. The number of nitrogens with zero attached hydrogens (tertiary/aromatic N) is 1. The summed E-state index contributed by atoms with van der Waals surface area (Å²) in [7, 11) is 0. The van der Waals surface area contributed by atoms with Crippen molar-refractivity contribution >= 4 is 11.6 Å². The van der Waals surface area contributed by atoms with E-state index in [-0.39, 0.29) is 17.2 Å². The van der Waals surface area contributed by atoms with E-state index in [1.807, 2.05) is 6.07 Å².